The molecule has 0 aliphatic rings. The average molecular weight is 516 g/mol. The molecule has 0 aromatic heterocycles. The lowest BCUT2D eigenvalue weighted by Crippen LogP contribution is -2.27. The van der Waals surface area contributed by atoms with E-state index in [1.807, 2.05) is 34.6 Å². The van der Waals surface area contributed by atoms with E-state index < -0.39 is 17.5 Å². The third-order valence-corrected chi connectivity index (χ3v) is 7.27. The number of hydrogen-bond acceptors (Lipinski definition) is 3. The number of carboxylic acid groups (broad SMARTS) is 1. The summed E-state index contributed by atoms with van der Waals surface area (Å²) in [4.78, 5) is 25.2. The van der Waals surface area contributed by atoms with Gasteiger partial charge in [-0.3, -0.25) is 9.59 Å². The number of carboxylic acids is 1. The van der Waals surface area contributed by atoms with E-state index in [-0.39, 0.29) is 12.5 Å². The van der Waals surface area contributed by atoms with Gasteiger partial charge in [0.25, 0.3) is 0 Å². The quantitative estimate of drug-likeness (QED) is 0.336. The third-order valence-electron chi connectivity index (χ3n) is 7.27. The molecule has 38 heavy (non-hydrogen) atoms. The number of anilines is 1. The van der Waals surface area contributed by atoms with Crippen LogP contribution in [0.1, 0.15) is 72.6 Å². The molecular weight excluding hydrogens is 474 g/mol. The molecule has 1 atom stereocenters. The zero-order valence-electron chi connectivity index (χ0n) is 24.4. The van der Waals surface area contributed by atoms with Crippen LogP contribution < -0.4 is 5.32 Å². The summed E-state index contributed by atoms with van der Waals surface area (Å²) in [6.45, 7) is 19.4. The van der Waals surface area contributed by atoms with E-state index in [0.29, 0.717) is 11.3 Å². The molecule has 0 saturated carbocycles. The molecular formula is C33H41NO4. The maximum absolute atomic E-state index is 12.8. The maximum atomic E-state index is 12.8. The summed E-state index contributed by atoms with van der Waals surface area (Å²) in [5.41, 5.74) is 10.8. The summed E-state index contributed by atoms with van der Waals surface area (Å²) in [5.74, 6) is -2.10. The van der Waals surface area contributed by atoms with E-state index in [9.17, 15) is 14.7 Å². The summed E-state index contributed by atoms with van der Waals surface area (Å²) in [7, 11) is 0. The Kier molecular flexibility index (Phi) is 8.52. The fourth-order valence-electron chi connectivity index (χ4n) is 4.93. The molecule has 1 amide bonds. The van der Waals surface area contributed by atoms with Gasteiger partial charge in [0, 0.05) is 12.5 Å². The van der Waals surface area contributed by atoms with Crippen LogP contribution in [-0.4, -0.2) is 29.2 Å². The highest BCUT2D eigenvalue weighted by Crippen LogP contribution is 2.46. The van der Waals surface area contributed by atoms with E-state index in [0.717, 1.165) is 44.5 Å². The summed E-state index contributed by atoms with van der Waals surface area (Å²) in [6.07, 6.45) is 0. The molecule has 0 radical (unpaired) electrons. The molecule has 1 unspecified atom stereocenters. The molecule has 0 spiro atoms. The van der Waals surface area contributed by atoms with Gasteiger partial charge in [-0.1, -0.05) is 36.4 Å². The molecule has 0 bridgehead atoms. The molecule has 0 heterocycles. The molecule has 0 fully saturated rings. The number of benzene rings is 3. The minimum Gasteiger partial charge on any atom is -0.481 e. The lowest BCUT2D eigenvalue weighted by atomic mass is 9.79. The van der Waals surface area contributed by atoms with Crippen LogP contribution in [0.25, 0.3) is 22.3 Å². The van der Waals surface area contributed by atoms with Crippen molar-refractivity contribution in [2.45, 2.75) is 80.8 Å². The monoisotopic (exact) mass is 515 g/mol. The zero-order valence-corrected chi connectivity index (χ0v) is 24.4. The second-order valence-corrected chi connectivity index (χ2v) is 11.4. The first-order valence-corrected chi connectivity index (χ1v) is 13.1. The van der Waals surface area contributed by atoms with Crippen molar-refractivity contribution in [1.82, 2.24) is 0 Å². The molecule has 5 nitrogen and oxygen atoms in total. The van der Waals surface area contributed by atoms with Gasteiger partial charge in [0.2, 0.25) is 5.91 Å². The summed E-state index contributed by atoms with van der Waals surface area (Å²) < 4.78 is 6.03. The van der Waals surface area contributed by atoms with Gasteiger partial charge in [-0.25, -0.2) is 0 Å². The highest BCUT2D eigenvalue weighted by Gasteiger charge is 2.32. The van der Waals surface area contributed by atoms with Crippen molar-refractivity contribution < 1.29 is 19.4 Å². The van der Waals surface area contributed by atoms with Crippen molar-refractivity contribution in [3.8, 4) is 22.3 Å². The first kappa shape index (κ1) is 29.1. The van der Waals surface area contributed by atoms with Crippen LogP contribution >= 0.6 is 0 Å². The first-order valence-electron chi connectivity index (χ1n) is 13.1. The molecule has 0 aliphatic carbocycles. The standard InChI is InChI=1S/C33H41NO4/c1-18-11-13-25(15-20(18)3)28-22(5)29(26-14-12-19(2)21(4)16-26)31(34-24(7)35)23(6)30(28)27(32(36)37)17-38-33(8,9)10/h11-16,27H,17H2,1-10H3,(H,34,35)(H,36,37). The molecule has 202 valence electrons. The van der Waals surface area contributed by atoms with Crippen molar-refractivity contribution in [2.75, 3.05) is 11.9 Å². The summed E-state index contributed by atoms with van der Waals surface area (Å²) in [6, 6.07) is 12.5. The second-order valence-electron chi connectivity index (χ2n) is 11.4. The van der Waals surface area contributed by atoms with Crippen molar-refractivity contribution in [1.29, 1.82) is 0 Å². The molecule has 3 rings (SSSR count). The highest BCUT2D eigenvalue weighted by molar-refractivity contribution is 6.01. The minimum atomic E-state index is -0.963. The van der Waals surface area contributed by atoms with E-state index in [1.54, 1.807) is 0 Å². The van der Waals surface area contributed by atoms with E-state index in [1.165, 1.54) is 18.1 Å². The molecule has 3 aromatic carbocycles. The van der Waals surface area contributed by atoms with E-state index >= 15 is 0 Å². The highest BCUT2D eigenvalue weighted by atomic mass is 16.5. The number of carbonyl (C=O) groups excluding carboxylic acids is 1. The predicted octanol–water partition coefficient (Wildman–Crippen LogP) is 7.81. The molecule has 2 N–H and O–H groups in total. The Hall–Kier alpha value is -3.44. The number of rotatable bonds is 7. The number of aliphatic carboxylic acids is 1. The number of hydrogen-bond donors (Lipinski definition) is 2. The molecule has 0 saturated heterocycles. The van der Waals surface area contributed by atoms with Gasteiger partial charge >= 0.3 is 5.97 Å². The van der Waals surface area contributed by atoms with Gasteiger partial charge in [-0.2, -0.15) is 0 Å². The lowest BCUT2D eigenvalue weighted by Gasteiger charge is -2.29. The Morgan fingerprint density at radius 2 is 1.32 bits per heavy atom. The number of nitrogens with one attached hydrogen (secondary N) is 1. The molecule has 3 aromatic rings. The third kappa shape index (κ3) is 6.16. The van der Waals surface area contributed by atoms with Crippen LogP contribution in [0.2, 0.25) is 0 Å². The topological polar surface area (TPSA) is 75.6 Å². The summed E-state index contributed by atoms with van der Waals surface area (Å²) in [5, 5.41) is 13.5. The van der Waals surface area contributed by atoms with Crippen LogP contribution in [0, 0.1) is 41.5 Å². The SMILES string of the molecule is CC(=O)Nc1c(C)c(C(COC(C)(C)C)C(=O)O)c(-c2ccc(C)c(C)c2)c(C)c1-c1ccc(C)c(C)c1. The number of carbonyl (C=O) groups is 2. The van der Waals surface area contributed by atoms with Crippen LogP contribution in [0.4, 0.5) is 5.69 Å². The zero-order chi connectivity index (χ0) is 28.5. The van der Waals surface area contributed by atoms with Crippen LogP contribution in [0.3, 0.4) is 0 Å². The van der Waals surface area contributed by atoms with Gasteiger partial charge in [0.1, 0.15) is 5.92 Å². The van der Waals surface area contributed by atoms with Crippen molar-refractivity contribution in [3.63, 3.8) is 0 Å². The largest absolute Gasteiger partial charge is 0.481 e. The second kappa shape index (κ2) is 11.1. The fraction of sp³-hybridized carbons (Fsp3) is 0.394. The Labute approximate surface area is 227 Å². The Morgan fingerprint density at radius 3 is 1.74 bits per heavy atom. The van der Waals surface area contributed by atoms with Crippen molar-refractivity contribution in [2.24, 2.45) is 0 Å². The molecule has 0 aliphatic heterocycles. The number of amides is 1. The summed E-state index contributed by atoms with van der Waals surface area (Å²) >= 11 is 0. The van der Waals surface area contributed by atoms with Gasteiger partial charge in [-0.05, 0) is 118 Å². The van der Waals surface area contributed by atoms with Gasteiger partial charge < -0.3 is 15.2 Å². The maximum Gasteiger partial charge on any atom is 0.313 e. The normalized spacial score (nSPS) is 12.4. The van der Waals surface area contributed by atoms with Gasteiger partial charge in [0.05, 0.1) is 17.9 Å². The van der Waals surface area contributed by atoms with Gasteiger partial charge in [0.15, 0.2) is 0 Å². The van der Waals surface area contributed by atoms with Crippen LogP contribution in [-0.2, 0) is 14.3 Å². The van der Waals surface area contributed by atoms with Gasteiger partial charge in [-0.15, -0.1) is 0 Å². The van der Waals surface area contributed by atoms with E-state index in [2.05, 4.69) is 69.4 Å². The Morgan fingerprint density at radius 1 is 0.816 bits per heavy atom. The first-order chi connectivity index (χ1) is 17.6. The number of aryl methyl sites for hydroxylation is 4. The minimum absolute atomic E-state index is 0.0133. The smallest absolute Gasteiger partial charge is 0.313 e. The fourth-order valence-corrected chi connectivity index (χ4v) is 4.93. The van der Waals surface area contributed by atoms with E-state index in [4.69, 9.17) is 4.74 Å². The Bertz CT molecular complexity index is 1400. The Balaban J connectivity index is 2.51. The average Bonchev–Trinajstić information content (AvgIpc) is 2.80. The van der Waals surface area contributed by atoms with Crippen LogP contribution in [0.15, 0.2) is 36.4 Å². The number of ether oxygens (including phenoxy) is 1. The van der Waals surface area contributed by atoms with Crippen molar-refractivity contribution >= 4 is 17.6 Å². The molecule has 5 heteroatoms. The lowest BCUT2D eigenvalue weighted by molar-refractivity contribution is -0.141. The predicted molar refractivity (Wildman–Crippen MR) is 156 cm³/mol. The van der Waals surface area contributed by atoms with Crippen LogP contribution in [0.5, 0.6) is 0 Å². The van der Waals surface area contributed by atoms with Crippen molar-refractivity contribution in [3.05, 3.63) is 75.3 Å².